The Morgan fingerprint density at radius 3 is 2.92 bits per heavy atom. The summed E-state index contributed by atoms with van der Waals surface area (Å²) in [7, 11) is 3.47. The van der Waals surface area contributed by atoms with Gasteiger partial charge >= 0.3 is 0 Å². The van der Waals surface area contributed by atoms with Crippen LogP contribution in [0.3, 0.4) is 0 Å². The van der Waals surface area contributed by atoms with Gasteiger partial charge in [-0.05, 0) is 12.1 Å². The zero-order valence-corrected chi connectivity index (χ0v) is 8.17. The average Bonchev–Trinajstić information content (AvgIpc) is 2.49. The molecule has 4 heteroatoms. The highest BCUT2D eigenvalue weighted by atomic mass is 35.5. The van der Waals surface area contributed by atoms with Crippen molar-refractivity contribution in [1.82, 2.24) is 9.78 Å². The molecule has 0 saturated carbocycles. The lowest BCUT2D eigenvalue weighted by Crippen LogP contribution is -1.93. The lowest BCUT2D eigenvalue weighted by atomic mass is 10.2. The van der Waals surface area contributed by atoms with Gasteiger partial charge in [0.05, 0.1) is 18.3 Å². The third kappa shape index (κ3) is 1.16. The smallest absolute Gasteiger partial charge is 0.163 e. The molecule has 1 heterocycles. The van der Waals surface area contributed by atoms with E-state index in [0.717, 1.165) is 10.9 Å². The van der Waals surface area contributed by atoms with Crippen LogP contribution in [0.5, 0.6) is 5.75 Å². The molecular weight excluding hydrogens is 188 g/mol. The summed E-state index contributed by atoms with van der Waals surface area (Å²) in [6.07, 6.45) is 1.79. The van der Waals surface area contributed by atoms with Gasteiger partial charge in [0, 0.05) is 12.4 Å². The van der Waals surface area contributed by atoms with E-state index in [1.807, 2.05) is 19.2 Å². The maximum absolute atomic E-state index is 5.97. The van der Waals surface area contributed by atoms with Gasteiger partial charge in [0.15, 0.2) is 5.75 Å². The standard InChI is InChI=1S/C9H9ClN2O/c1-12-8-6(5-11-12)3-4-7(10)9(8)13-2/h3-5H,1-2H3. The summed E-state index contributed by atoms with van der Waals surface area (Å²) in [5.41, 5.74) is 0.926. The van der Waals surface area contributed by atoms with Crippen LogP contribution in [0.15, 0.2) is 18.3 Å². The van der Waals surface area contributed by atoms with Crippen LogP contribution in [-0.4, -0.2) is 16.9 Å². The Morgan fingerprint density at radius 1 is 1.46 bits per heavy atom. The van der Waals surface area contributed by atoms with E-state index < -0.39 is 0 Å². The number of methoxy groups -OCH3 is 1. The first-order valence-corrected chi connectivity index (χ1v) is 4.26. The normalized spacial score (nSPS) is 10.7. The molecule has 0 aliphatic rings. The molecule has 68 valence electrons. The summed E-state index contributed by atoms with van der Waals surface area (Å²) in [6.45, 7) is 0. The zero-order valence-electron chi connectivity index (χ0n) is 7.41. The second-order valence-corrected chi connectivity index (χ2v) is 3.19. The number of aromatic nitrogens is 2. The number of fused-ring (bicyclic) bond motifs is 1. The molecule has 0 aliphatic carbocycles. The molecular formula is C9H9ClN2O. The maximum atomic E-state index is 5.97. The van der Waals surface area contributed by atoms with Gasteiger partial charge < -0.3 is 4.74 Å². The van der Waals surface area contributed by atoms with Crippen molar-refractivity contribution in [2.45, 2.75) is 0 Å². The topological polar surface area (TPSA) is 27.1 Å². The number of nitrogens with zero attached hydrogens (tertiary/aromatic N) is 2. The summed E-state index contributed by atoms with van der Waals surface area (Å²) >= 11 is 5.97. The SMILES string of the molecule is COc1c(Cl)ccc2cnn(C)c12. The first-order chi connectivity index (χ1) is 6.24. The minimum absolute atomic E-state index is 0.610. The van der Waals surface area contributed by atoms with Gasteiger partial charge in [-0.25, -0.2) is 0 Å². The van der Waals surface area contributed by atoms with E-state index >= 15 is 0 Å². The van der Waals surface area contributed by atoms with Crippen LogP contribution in [0, 0.1) is 0 Å². The van der Waals surface area contributed by atoms with Crippen LogP contribution in [-0.2, 0) is 7.05 Å². The molecule has 1 aromatic heterocycles. The zero-order chi connectivity index (χ0) is 9.42. The Morgan fingerprint density at radius 2 is 2.23 bits per heavy atom. The van der Waals surface area contributed by atoms with Crippen molar-refractivity contribution in [3.8, 4) is 5.75 Å². The Labute approximate surface area is 80.9 Å². The summed E-state index contributed by atoms with van der Waals surface area (Å²) in [4.78, 5) is 0. The quantitative estimate of drug-likeness (QED) is 0.700. The van der Waals surface area contributed by atoms with Crippen LogP contribution < -0.4 is 4.74 Å². The van der Waals surface area contributed by atoms with Gasteiger partial charge in [-0.2, -0.15) is 5.10 Å². The predicted molar refractivity (Wildman–Crippen MR) is 52.3 cm³/mol. The van der Waals surface area contributed by atoms with Gasteiger partial charge in [-0.3, -0.25) is 4.68 Å². The van der Waals surface area contributed by atoms with Crippen LogP contribution in [0.1, 0.15) is 0 Å². The Bertz CT molecular complexity index is 450. The molecule has 0 unspecified atom stereocenters. The highest BCUT2D eigenvalue weighted by Crippen LogP contribution is 2.32. The summed E-state index contributed by atoms with van der Waals surface area (Å²) in [5.74, 6) is 0.680. The molecule has 0 aliphatic heterocycles. The molecule has 0 bridgehead atoms. The highest BCUT2D eigenvalue weighted by Gasteiger charge is 2.09. The molecule has 1 aromatic carbocycles. The van der Waals surface area contributed by atoms with Gasteiger partial charge in [0.25, 0.3) is 0 Å². The van der Waals surface area contributed by atoms with E-state index in [1.54, 1.807) is 18.0 Å². The maximum Gasteiger partial charge on any atom is 0.163 e. The molecule has 0 amide bonds. The van der Waals surface area contributed by atoms with Crippen molar-refractivity contribution >= 4 is 22.5 Å². The first-order valence-electron chi connectivity index (χ1n) is 3.88. The van der Waals surface area contributed by atoms with Crippen molar-refractivity contribution < 1.29 is 4.74 Å². The average molecular weight is 197 g/mol. The van der Waals surface area contributed by atoms with E-state index in [1.165, 1.54) is 0 Å². The van der Waals surface area contributed by atoms with E-state index in [-0.39, 0.29) is 0 Å². The summed E-state index contributed by atoms with van der Waals surface area (Å²) < 4.78 is 6.95. The summed E-state index contributed by atoms with van der Waals surface area (Å²) in [5, 5.41) is 5.76. The van der Waals surface area contributed by atoms with Crippen molar-refractivity contribution in [2.24, 2.45) is 7.05 Å². The first kappa shape index (κ1) is 8.38. The third-order valence-corrected chi connectivity index (χ3v) is 2.31. The fourth-order valence-electron chi connectivity index (χ4n) is 1.40. The lowest BCUT2D eigenvalue weighted by Gasteiger charge is -2.05. The highest BCUT2D eigenvalue weighted by molar-refractivity contribution is 6.33. The summed E-state index contributed by atoms with van der Waals surface area (Å²) in [6, 6.07) is 3.73. The molecule has 13 heavy (non-hydrogen) atoms. The second kappa shape index (κ2) is 2.92. The molecule has 2 rings (SSSR count). The Balaban J connectivity index is 2.88. The van der Waals surface area contributed by atoms with Gasteiger partial charge in [0.1, 0.15) is 5.52 Å². The number of aryl methyl sites for hydroxylation is 1. The monoisotopic (exact) mass is 196 g/mol. The van der Waals surface area contributed by atoms with Crippen LogP contribution in [0.25, 0.3) is 10.9 Å². The van der Waals surface area contributed by atoms with E-state index in [2.05, 4.69) is 5.10 Å². The van der Waals surface area contributed by atoms with E-state index in [0.29, 0.717) is 10.8 Å². The molecule has 0 radical (unpaired) electrons. The van der Waals surface area contributed by atoms with Crippen molar-refractivity contribution in [2.75, 3.05) is 7.11 Å². The Hall–Kier alpha value is -1.22. The molecule has 2 aromatic rings. The minimum atomic E-state index is 0.610. The minimum Gasteiger partial charge on any atom is -0.493 e. The number of rotatable bonds is 1. The van der Waals surface area contributed by atoms with Crippen molar-refractivity contribution in [1.29, 1.82) is 0 Å². The molecule has 0 spiro atoms. The van der Waals surface area contributed by atoms with Crippen LogP contribution >= 0.6 is 11.6 Å². The molecule has 0 fully saturated rings. The van der Waals surface area contributed by atoms with Crippen LogP contribution in [0.2, 0.25) is 5.02 Å². The van der Waals surface area contributed by atoms with Crippen molar-refractivity contribution in [3.05, 3.63) is 23.4 Å². The van der Waals surface area contributed by atoms with Gasteiger partial charge in [-0.15, -0.1) is 0 Å². The number of hydrogen-bond acceptors (Lipinski definition) is 2. The van der Waals surface area contributed by atoms with Crippen LogP contribution in [0.4, 0.5) is 0 Å². The van der Waals surface area contributed by atoms with Gasteiger partial charge in [0.2, 0.25) is 0 Å². The largest absolute Gasteiger partial charge is 0.493 e. The number of hydrogen-bond donors (Lipinski definition) is 0. The molecule has 0 N–H and O–H groups in total. The Kier molecular flexibility index (Phi) is 1.88. The molecule has 0 saturated heterocycles. The number of ether oxygens (including phenoxy) is 1. The number of halogens is 1. The molecule has 0 atom stereocenters. The lowest BCUT2D eigenvalue weighted by molar-refractivity contribution is 0.417. The van der Waals surface area contributed by atoms with E-state index in [9.17, 15) is 0 Å². The van der Waals surface area contributed by atoms with E-state index in [4.69, 9.17) is 16.3 Å². The number of benzene rings is 1. The molecule has 3 nitrogen and oxygen atoms in total. The predicted octanol–water partition coefficient (Wildman–Crippen LogP) is 2.24. The van der Waals surface area contributed by atoms with Gasteiger partial charge in [-0.1, -0.05) is 11.6 Å². The fourth-order valence-corrected chi connectivity index (χ4v) is 1.63. The second-order valence-electron chi connectivity index (χ2n) is 2.79. The third-order valence-electron chi connectivity index (χ3n) is 2.01. The fraction of sp³-hybridized carbons (Fsp3) is 0.222. The van der Waals surface area contributed by atoms with Crippen molar-refractivity contribution in [3.63, 3.8) is 0 Å².